The Morgan fingerprint density at radius 1 is 1.03 bits per heavy atom. The Morgan fingerprint density at radius 3 is 2.50 bits per heavy atom. The molecule has 2 aliphatic heterocycles. The third-order valence-corrected chi connectivity index (χ3v) is 6.20. The van der Waals surface area contributed by atoms with Crippen LogP contribution in [0.4, 0.5) is 4.39 Å². The van der Waals surface area contributed by atoms with E-state index in [0.717, 1.165) is 24.2 Å². The molecule has 2 aliphatic rings. The van der Waals surface area contributed by atoms with Gasteiger partial charge in [-0.25, -0.2) is 4.39 Å². The summed E-state index contributed by atoms with van der Waals surface area (Å²) < 4.78 is 19.0. The summed E-state index contributed by atoms with van der Waals surface area (Å²) in [4.78, 5) is 27.6. The number of aromatic hydroxyl groups is 1. The fourth-order valence-electron chi connectivity index (χ4n) is 4.50. The topological polar surface area (TPSA) is 87.1 Å². The van der Waals surface area contributed by atoms with Gasteiger partial charge in [-0.1, -0.05) is 24.3 Å². The van der Waals surface area contributed by atoms with Crippen LogP contribution in [0.15, 0.2) is 72.3 Å². The van der Waals surface area contributed by atoms with E-state index >= 15 is 0 Å². The molecule has 3 aromatic carbocycles. The molecule has 7 heteroatoms. The predicted molar refractivity (Wildman–Crippen MR) is 123 cm³/mol. The molecule has 172 valence electrons. The average Bonchev–Trinajstić information content (AvgIpc) is 3.10. The van der Waals surface area contributed by atoms with E-state index in [9.17, 15) is 24.2 Å². The minimum atomic E-state index is -0.877. The third-order valence-electron chi connectivity index (χ3n) is 6.20. The van der Waals surface area contributed by atoms with Crippen molar-refractivity contribution in [2.75, 3.05) is 6.61 Å². The van der Waals surface area contributed by atoms with E-state index in [2.05, 4.69) is 0 Å². The SMILES string of the molecule is O=C1C(=O)N(Cc2ccc(F)cc2)C(c2ccc(O)cc2)/C1=C(/O)c1ccc2c(c1)CCCO2. The summed E-state index contributed by atoms with van der Waals surface area (Å²) in [6, 6.07) is 16.1. The van der Waals surface area contributed by atoms with E-state index in [1.807, 2.05) is 0 Å². The molecule has 2 N–H and O–H groups in total. The molecule has 0 saturated carbocycles. The summed E-state index contributed by atoms with van der Waals surface area (Å²) in [6.07, 6.45) is 1.64. The molecule has 3 aromatic rings. The van der Waals surface area contributed by atoms with E-state index in [0.29, 0.717) is 23.3 Å². The van der Waals surface area contributed by atoms with Crippen LogP contribution in [-0.4, -0.2) is 33.4 Å². The third kappa shape index (κ3) is 3.90. The van der Waals surface area contributed by atoms with Gasteiger partial charge < -0.3 is 19.8 Å². The highest BCUT2D eigenvalue weighted by Crippen LogP contribution is 2.41. The number of benzene rings is 3. The fourth-order valence-corrected chi connectivity index (χ4v) is 4.50. The van der Waals surface area contributed by atoms with Crippen LogP contribution >= 0.6 is 0 Å². The lowest BCUT2D eigenvalue weighted by Gasteiger charge is -2.25. The van der Waals surface area contributed by atoms with Gasteiger partial charge in [0.15, 0.2) is 0 Å². The standard InChI is InChI=1S/C27H22FNO5/c28-20-8-3-16(4-9-20)15-29-24(17-5-10-21(30)11-6-17)23(26(32)27(29)33)25(31)19-7-12-22-18(14-19)2-1-13-34-22/h3-12,14,24,30-31H,1-2,13,15H2/b25-23-. The number of Topliss-reactive ketones (excluding diaryl/α,β-unsaturated/α-hetero) is 1. The first-order chi connectivity index (χ1) is 16.4. The molecule has 0 aliphatic carbocycles. The lowest BCUT2D eigenvalue weighted by atomic mass is 9.94. The second-order valence-corrected chi connectivity index (χ2v) is 8.42. The van der Waals surface area contributed by atoms with Crippen molar-refractivity contribution in [3.05, 3.63) is 100 Å². The minimum absolute atomic E-state index is 0.0329. The molecule has 34 heavy (non-hydrogen) atoms. The number of hydrogen-bond acceptors (Lipinski definition) is 5. The van der Waals surface area contributed by atoms with Gasteiger partial charge in [-0.2, -0.15) is 0 Å². The molecule has 0 aromatic heterocycles. The maximum absolute atomic E-state index is 13.4. The smallest absolute Gasteiger partial charge is 0.295 e. The van der Waals surface area contributed by atoms with E-state index in [4.69, 9.17) is 4.74 Å². The van der Waals surface area contributed by atoms with Crippen LogP contribution in [0, 0.1) is 5.82 Å². The van der Waals surface area contributed by atoms with Crippen molar-refractivity contribution in [2.24, 2.45) is 0 Å². The van der Waals surface area contributed by atoms with Crippen molar-refractivity contribution in [1.29, 1.82) is 0 Å². The lowest BCUT2D eigenvalue weighted by Crippen LogP contribution is -2.29. The van der Waals surface area contributed by atoms with Crippen molar-refractivity contribution in [1.82, 2.24) is 4.90 Å². The molecule has 5 rings (SSSR count). The molecule has 1 fully saturated rings. The number of phenolic OH excluding ortho intramolecular Hbond substituents is 1. The zero-order valence-electron chi connectivity index (χ0n) is 18.2. The van der Waals surface area contributed by atoms with Gasteiger partial charge in [0, 0.05) is 12.1 Å². The van der Waals surface area contributed by atoms with Crippen LogP contribution in [0.1, 0.15) is 34.7 Å². The maximum Gasteiger partial charge on any atom is 0.295 e. The zero-order valence-corrected chi connectivity index (χ0v) is 18.2. The summed E-state index contributed by atoms with van der Waals surface area (Å²) in [7, 11) is 0. The number of nitrogens with zero attached hydrogens (tertiary/aromatic N) is 1. The Balaban J connectivity index is 1.62. The largest absolute Gasteiger partial charge is 0.508 e. The predicted octanol–water partition coefficient (Wildman–Crippen LogP) is 4.48. The van der Waals surface area contributed by atoms with E-state index in [1.165, 1.54) is 29.2 Å². The monoisotopic (exact) mass is 459 g/mol. The van der Waals surface area contributed by atoms with Crippen LogP contribution in [0.25, 0.3) is 5.76 Å². The van der Waals surface area contributed by atoms with Crippen molar-refractivity contribution in [3.63, 3.8) is 0 Å². The first kappa shape index (κ1) is 21.7. The molecule has 0 spiro atoms. The zero-order chi connectivity index (χ0) is 23.8. The number of aliphatic hydroxyl groups is 1. The number of fused-ring (bicyclic) bond motifs is 1. The van der Waals surface area contributed by atoms with Crippen molar-refractivity contribution < 1.29 is 28.9 Å². The highest BCUT2D eigenvalue weighted by molar-refractivity contribution is 6.46. The lowest BCUT2D eigenvalue weighted by molar-refractivity contribution is -0.140. The molecule has 1 saturated heterocycles. The Morgan fingerprint density at radius 2 is 1.76 bits per heavy atom. The number of halogens is 1. The van der Waals surface area contributed by atoms with Gasteiger partial charge in [0.25, 0.3) is 11.7 Å². The molecule has 1 amide bonds. The van der Waals surface area contributed by atoms with Crippen molar-refractivity contribution in [2.45, 2.75) is 25.4 Å². The van der Waals surface area contributed by atoms with Gasteiger partial charge in [0.05, 0.1) is 18.2 Å². The molecule has 1 atom stereocenters. The first-order valence-corrected chi connectivity index (χ1v) is 11.0. The van der Waals surface area contributed by atoms with E-state index in [-0.39, 0.29) is 23.6 Å². The molecule has 1 unspecified atom stereocenters. The fraction of sp³-hybridized carbons (Fsp3) is 0.185. The van der Waals surface area contributed by atoms with Gasteiger partial charge in [0.2, 0.25) is 0 Å². The quantitative estimate of drug-likeness (QED) is 0.341. The number of ketones is 1. The Hall–Kier alpha value is -4.13. The van der Waals surface area contributed by atoms with Crippen molar-refractivity contribution >= 4 is 17.4 Å². The Labute approximate surface area is 195 Å². The normalized spacial score (nSPS) is 19.1. The number of aryl methyl sites for hydroxylation is 1. The maximum atomic E-state index is 13.4. The second-order valence-electron chi connectivity index (χ2n) is 8.42. The van der Waals surface area contributed by atoms with Crippen LogP contribution < -0.4 is 4.74 Å². The van der Waals surface area contributed by atoms with Gasteiger partial charge in [-0.15, -0.1) is 0 Å². The molecular formula is C27H22FNO5. The van der Waals surface area contributed by atoms with Crippen LogP contribution in [0.3, 0.4) is 0 Å². The number of aliphatic hydroxyl groups excluding tert-OH is 1. The molecule has 0 bridgehead atoms. The number of carbonyl (C=O) groups excluding carboxylic acids is 2. The molecule has 0 radical (unpaired) electrons. The average molecular weight is 459 g/mol. The van der Waals surface area contributed by atoms with Gasteiger partial charge >= 0.3 is 0 Å². The van der Waals surface area contributed by atoms with E-state index in [1.54, 1.807) is 42.5 Å². The number of likely N-dealkylation sites (tertiary alicyclic amines) is 1. The van der Waals surface area contributed by atoms with Crippen molar-refractivity contribution in [3.8, 4) is 11.5 Å². The summed E-state index contributed by atoms with van der Waals surface area (Å²) in [5, 5.41) is 21.0. The Bertz CT molecular complexity index is 1300. The van der Waals surface area contributed by atoms with Gasteiger partial charge in [-0.3, -0.25) is 9.59 Å². The summed E-state index contributed by atoms with van der Waals surface area (Å²) in [6.45, 7) is 0.679. The minimum Gasteiger partial charge on any atom is -0.508 e. The highest BCUT2D eigenvalue weighted by Gasteiger charge is 2.46. The number of amides is 1. The molecule has 6 nitrogen and oxygen atoms in total. The van der Waals surface area contributed by atoms with Gasteiger partial charge in [0.1, 0.15) is 23.1 Å². The van der Waals surface area contributed by atoms with Gasteiger partial charge in [-0.05, 0) is 72.0 Å². The molecule has 2 heterocycles. The number of hydrogen-bond donors (Lipinski definition) is 2. The van der Waals surface area contributed by atoms with Crippen LogP contribution in [-0.2, 0) is 22.6 Å². The summed E-state index contributed by atoms with van der Waals surface area (Å²) in [5.41, 5.74) is 2.51. The highest BCUT2D eigenvalue weighted by atomic mass is 19.1. The first-order valence-electron chi connectivity index (χ1n) is 11.0. The Kier molecular flexibility index (Phi) is 5.53. The number of phenols is 1. The number of ether oxygens (including phenoxy) is 1. The van der Waals surface area contributed by atoms with Crippen LogP contribution in [0.2, 0.25) is 0 Å². The number of rotatable bonds is 4. The van der Waals surface area contributed by atoms with E-state index < -0.39 is 23.5 Å². The second kappa shape index (κ2) is 8.67. The summed E-state index contributed by atoms with van der Waals surface area (Å²) in [5.74, 6) is -1.45. The van der Waals surface area contributed by atoms with Crippen LogP contribution in [0.5, 0.6) is 11.5 Å². The molecular weight excluding hydrogens is 437 g/mol. The number of carbonyl (C=O) groups is 2. The summed E-state index contributed by atoms with van der Waals surface area (Å²) >= 11 is 0.